The number of hydrogen-bond donors (Lipinski definition) is 2. The molecule has 1 atom stereocenters. The number of hydrogen-bond acceptors (Lipinski definition) is 3. The Labute approximate surface area is 119 Å². The van der Waals surface area contributed by atoms with E-state index in [0.717, 1.165) is 6.07 Å². The maximum Gasteiger partial charge on any atom is 0.163 e. The largest absolute Gasteiger partial charge is 0.394 e. The molecule has 0 saturated carbocycles. The summed E-state index contributed by atoms with van der Waals surface area (Å²) in [6, 6.07) is 3.96. The summed E-state index contributed by atoms with van der Waals surface area (Å²) in [4.78, 5) is 2.01. The summed E-state index contributed by atoms with van der Waals surface area (Å²) in [5, 5.41) is 12.3. The number of halogens is 2. The van der Waals surface area contributed by atoms with Gasteiger partial charge in [-0.25, -0.2) is 8.78 Å². The first-order chi connectivity index (χ1) is 9.33. The van der Waals surface area contributed by atoms with Crippen LogP contribution in [0.4, 0.5) is 8.78 Å². The highest BCUT2D eigenvalue weighted by Gasteiger charge is 2.24. The molecule has 1 aromatic carbocycles. The first kappa shape index (κ1) is 17.0. The highest BCUT2D eigenvalue weighted by molar-refractivity contribution is 5.22. The van der Waals surface area contributed by atoms with Crippen molar-refractivity contribution in [3.63, 3.8) is 0 Å². The Kier molecular flexibility index (Phi) is 6.05. The molecule has 0 aliphatic rings. The predicted octanol–water partition coefficient (Wildman–Crippen LogP) is 2.32. The van der Waals surface area contributed by atoms with Gasteiger partial charge < -0.3 is 10.4 Å². The van der Waals surface area contributed by atoms with E-state index in [2.05, 4.69) is 5.32 Å². The van der Waals surface area contributed by atoms with Crippen molar-refractivity contribution in [2.24, 2.45) is 0 Å². The van der Waals surface area contributed by atoms with Crippen molar-refractivity contribution in [3.05, 3.63) is 35.4 Å². The zero-order valence-corrected chi connectivity index (χ0v) is 12.6. The monoisotopic (exact) mass is 286 g/mol. The van der Waals surface area contributed by atoms with Crippen molar-refractivity contribution in [1.29, 1.82) is 0 Å². The molecule has 5 heteroatoms. The van der Waals surface area contributed by atoms with Crippen LogP contribution in [0.3, 0.4) is 0 Å². The molecule has 0 heterocycles. The molecule has 1 aromatic rings. The second kappa shape index (κ2) is 7.11. The standard InChI is InChI=1S/C15H24F2N2O/c1-15(2,10-20)19(4)9-8-13(18-3)11-6-5-7-12(16)14(11)17/h5-7,13,18,20H,8-10H2,1-4H3. The van der Waals surface area contributed by atoms with Crippen molar-refractivity contribution < 1.29 is 13.9 Å². The number of aliphatic hydroxyl groups is 1. The molecule has 0 aromatic heterocycles. The number of likely N-dealkylation sites (N-methyl/N-ethyl adjacent to an activating group) is 1. The van der Waals surface area contributed by atoms with Crippen LogP contribution in [0.1, 0.15) is 31.9 Å². The fraction of sp³-hybridized carbons (Fsp3) is 0.600. The highest BCUT2D eigenvalue weighted by Crippen LogP contribution is 2.23. The maximum absolute atomic E-state index is 13.8. The molecular formula is C15H24F2N2O. The van der Waals surface area contributed by atoms with Gasteiger partial charge in [-0.1, -0.05) is 12.1 Å². The number of benzene rings is 1. The van der Waals surface area contributed by atoms with Crippen molar-refractivity contribution in [2.45, 2.75) is 31.8 Å². The van der Waals surface area contributed by atoms with Gasteiger partial charge in [0.2, 0.25) is 0 Å². The van der Waals surface area contributed by atoms with Crippen LogP contribution in [0.5, 0.6) is 0 Å². The number of nitrogens with zero attached hydrogens (tertiary/aromatic N) is 1. The van der Waals surface area contributed by atoms with Gasteiger partial charge in [0, 0.05) is 23.7 Å². The molecule has 0 fully saturated rings. The van der Waals surface area contributed by atoms with Gasteiger partial charge in [-0.2, -0.15) is 0 Å². The summed E-state index contributed by atoms with van der Waals surface area (Å²) in [6.45, 7) is 4.57. The van der Waals surface area contributed by atoms with Gasteiger partial charge in [-0.05, 0) is 40.4 Å². The Hall–Kier alpha value is -1.04. The molecule has 0 aliphatic heterocycles. The Balaban J connectivity index is 2.76. The Morgan fingerprint density at radius 3 is 2.55 bits per heavy atom. The number of rotatable bonds is 7. The van der Waals surface area contributed by atoms with E-state index >= 15 is 0 Å². The quantitative estimate of drug-likeness (QED) is 0.807. The normalized spacial score (nSPS) is 13.8. The lowest BCUT2D eigenvalue weighted by Crippen LogP contribution is -2.45. The van der Waals surface area contributed by atoms with Crippen LogP contribution >= 0.6 is 0 Å². The molecule has 20 heavy (non-hydrogen) atoms. The van der Waals surface area contributed by atoms with Gasteiger partial charge in [0.15, 0.2) is 11.6 Å². The van der Waals surface area contributed by atoms with Crippen LogP contribution in [0.2, 0.25) is 0 Å². The van der Waals surface area contributed by atoms with Gasteiger partial charge in [-0.3, -0.25) is 4.90 Å². The summed E-state index contributed by atoms with van der Waals surface area (Å²) in [5.74, 6) is -1.62. The molecule has 1 rings (SSSR count). The summed E-state index contributed by atoms with van der Waals surface area (Å²) < 4.78 is 27.1. The summed E-state index contributed by atoms with van der Waals surface area (Å²) >= 11 is 0. The van der Waals surface area contributed by atoms with E-state index in [9.17, 15) is 13.9 Å². The Morgan fingerprint density at radius 1 is 1.35 bits per heavy atom. The first-order valence-electron chi connectivity index (χ1n) is 6.76. The molecule has 0 amide bonds. The second-order valence-corrected chi connectivity index (χ2v) is 5.67. The van der Waals surface area contributed by atoms with E-state index in [1.807, 2.05) is 25.8 Å². The molecule has 0 bridgehead atoms. The number of aliphatic hydroxyl groups excluding tert-OH is 1. The van der Waals surface area contributed by atoms with E-state index in [1.165, 1.54) is 6.07 Å². The minimum absolute atomic E-state index is 0.0437. The third-order valence-corrected chi connectivity index (χ3v) is 3.88. The summed E-state index contributed by atoms with van der Waals surface area (Å²) in [6.07, 6.45) is 0.622. The topological polar surface area (TPSA) is 35.5 Å². The fourth-order valence-electron chi connectivity index (χ4n) is 1.99. The SMILES string of the molecule is CNC(CCN(C)C(C)(C)CO)c1cccc(F)c1F. The van der Waals surface area contributed by atoms with E-state index < -0.39 is 11.6 Å². The summed E-state index contributed by atoms with van der Waals surface area (Å²) in [5.41, 5.74) is 0.00129. The third-order valence-electron chi connectivity index (χ3n) is 3.88. The van der Waals surface area contributed by atoms with Crippen LogP contribution in [-0.2, 0) is 0 Å². The lowest BCUT2D eigenvalue weighted by Gasteiger charge is -2.34. The smallest absolute Gasteiger partial charge is 0.163 e. The van der Waals surface area contributed by atoms with Crippen molar-refractivity contribution in [2.75, 3.05) is 27.2 Å². The van der Waals surface area contributed by atoms with E-state index in [4.69, 9.17) is 0 Å². The average molecular weight is 286 g/mol. The second-order valence-electron chi connectivity index (χ2n) is 5.67. The first-order valence-corrected chi connectivity index (χ1v) is 6.76. The Morgan fingerprint density at radius 2 is 2.00 bits per heavy atom. The average Bonchev–Trinajstić information content (AvgIpc) is 2.43. The maximum atomic E-state index is 13.8. The van der Waals surface area contributed by atoms with E-state index in [1.54, 1.807) is 13.1 Å². The van der Waals surface area contributed by atoms with Crippen LogP contribution in [0.25, 0.3) is 0 Å². The van der Waals surface area contributed by atoms with Gasteiger partial charge >= 0.3 is 0 Å². The van der Waals surface area contributed by atoms with Gasteiger partial charge in [-0.15, -0.1) is 0 Å². The van der Waals surface area contributed by atoms with Crippen molar-refractivity contribution in [1.82, 2.24) is 10.2 Å². The van der Waals surface area contributed by atoms with Crippen LogP contribution < -0.4 is 5.32 Å². The van der Waals surface area contributed by atoms with Crippen LogP contribution in [0.15, 0.2) is 18.2 Å². The molecule has 0 radical (unpaired) electrons. The lowest BCUT2D eigenvalue weighted by atomic mass is 10.0. The predicted molar refractivity (Wildman–Crippen MR) is 76.6 cm³/mol. The lowest BCUT2D eigenvalue weighted by molar-refractivity contribution is 0.0758. The molecule has 0 saturated heterocycles. The van der Waals surface area contributed by atoms with E-state index in [-0.39, 0.29) is 18.2 Å². The molecule has 114 valence electrons. The minimum atomic E-state index is -0.827. The minimum Gasteiger partial charge on any atom is -0.394 e. The Bertz CT molecular complexity index is 438. The molecule has 3 nitrogen and oxygen atoms in total. The highest BCUT2D eigenvalue weighted by atomic mass is 19.2. The molecule has 0 aliphatic carbocycles. The van der Waals surface area contributed by atoms with Crippen LogP contribution in [0, 0.1) is 11.6 Å². The van der Waals surface area contributed by atoms with Gasteiger partial charge in [0.25, 0.3) is 0 Å². The molecular weight excluding hydrogens is 262 g/mol. The van der Waals surface area contributed by atoms with E-state index in [0.29, 0.717) is 18.5 Å². The van der Waals surface area contributed by atoms with Crippen molar-refractivity contribution in [3.8, 4) is 0 Å². The summed E-state index contributed by atoms with van der Waals surface area (Å²) in [7, 11) is 3.64. The third kappa shape index (κ3) is 3.98. The zero-order chi connectivity index (χ0) is 15.3. The molecule has 1 unspecified atom stereocenters. The van der Waals surface area contributed by atoms with Crippen LogP contribution in [-0.4, -0.2) is 42.8 Å². The molecule has 0 spiro atoms. The number of nitrogens with one attached hydrogen (secondary N) is 1. The van der Waals surface area contributed by atoms with Gasteiger partial charge in [0.1, 0.15) is 0 Å². The van der Waals surface area contributed by atoms with Crippen molar-refractivity contribution >= 4 is 0 Å². The molecule has 2 N–H and O–H groups in total. The fourth-order valence-corrected chi connectivity index (χ4v) is 1.99. The van der Waals surface area contributed by atoms with Gasteiger partial charge in [0.05, 0.1) is 6.61 Å². The zero-order valence-electron chi connectivity index (χ0n) is 12.6.